The van der Waals surface area contributed by atoms with Crippen LogP contribution in [0, 0.1) is 29.6 Å². The number of hydrogen-bond acceptors (Lipinski definition) is 3. The summed E-state index contributed by atoms with van der Waals surface area (Å²) >= 11 is 0. The third kappa shape index (κ3) is 3.34. The lowest BCUT2D eigenvalue weighted by Gasteiger charge is -2.14. The van der Waals surface area contributed by atoms with Crippen molar-refractivity contribution in [1.29, 1.82) is 5.26 Å². The van der Waals surface area contributed by atoms with E-state index >= 15 is 0 Å². The zero-order chi connectivity index (χ0) is 18.9. The number of carbonyl (C=O) groups excluding carboxylic acids is 1. The fourth-order valence-electron chi connectivity index (χ4n) is 3.66. The summed E-state index contributed by atoms with van der Waals surface area (Å²) < 4.78 is 0. The monoisotopic (exact) mass is 345 g/mol. The number of nitriles is 1. The first-order valence-corrected chi connectivity index (χ1v) is 8.67. The van der Waals surface area contributed by atoms with Gasteiger partial charge in [-0.3, -0.25) is 4.79 Å². The van der Waals surface area contributed by atoms with Gasteiger partial charge in [-0.2, -0.15) is 5.26 Å². The first-order valence-electron chi connectivity index (χ1n) is 8.67. The molecule has 3 rings (SSSR count). The zero-order valence-corrected chi connectivity index (χ0v) is 15.3. The lowest BCUT2D eigenvalue weighted by molar-refractivity contribution is -0.122. The molecule has 132 valence electrons. The summed E-state index contributed by atoms with van der Waals surface area (Å²) in [6, 6.07) is 17.6. The molecule has 2 atom stereocenters. The smallest absolute Gasteiger partial charge is 0.229 e. The molecule has 0 aliphatic heterocycles. The van der Waals surface area contributed by atoms with Gasteiger partial charge in [-0.1, -0.05) is 56.8 Å². The molecule has 4 nitrogen and oxygen atoms in total. The highest BCUT2D eigenvalue weighted by Crippen LogP contribution is 2.64. The molecule has 1 saturated carbocycles. The second-order valence-electron chi connectivity index (χ2n) is 7.42. The molecule has 0 heterocycles. The number of nitrogens with zero attached hydrogens (tertiary/aromatic N) is 1. The van der Waals surface area contributed by atoms with Crippen molar-refractivity contribution in [2.75, 3.05) is 5.32 Å². The van der Waals surface area contributed by atoms with Crippen LogP contribution in [0.2, 0.25) is 0 Å². The van der Waals surface area contributed by atoms with Crippen LogP contribution >= 0.6 is 0 Å². The van der Waals surface area contributed by atoms with Crippen LogP contribution in [-0.2, 0) is 4.79 Å². The molecular weight excluding hydrogens is 322 g/mol. The van der Waals surface area contributed by atoms with Crippen molar-refractivity contribution in [1.82, 2.24) is 5.32 Å². The molecule has 0 saturated heterocycles. The number of nitrogens with one attached hydrogen (secondary N) is 2. The number of carbonyl (C=O) groups is 1. The lowest BCUT2D eigenvalue weighted by Crippen LogP contribution is -2.29. The molecule has 2 unspecified atom stereocenters. The Bertz CT molecular complexity index is 893. The van der Waals surface area contributed by atoms with Gasteiger partial charge in [0.2, 0.25) is 5.91 Å². The van der Waals surface area contributed by atoms with E-state index in [9.17, 15) is 4.79 Å². The average molecular weight is 345 g/mol. The van der Waals surface area contributed by atoms with Crippen molar-refractivity contribution in [3.05, 3.63) is 77.6 Å². The van der Waals surface area contributed by atoms with E-state index in [1.807, 2.05) is 31.2 Å². The van der Waals surface area contributed by atoms with Crippen LogP contribution in [0.4, 0.5) is 5.69 Å². The lowest BCUT2D eigenvalue weighted by atomic mass is 10.0. The number of anilines is 1. The van der Waals surface area contributed by atoms with Crippen molar-refractivity contribution in [2.24, 2.45) is 11.3 Å². The van der Waals surface area contributed by atoms with Gasteiger partial charge in [0, 0.05) is 11.6 Å². The first kappa shape index (κ1) is 17.8. The maximum atomic E-state index is 12.7. The summed E-state index contributed by atoms with van der Waals surface area (Å²) in [5.74, 6) is 0.508. The van der Waals surface area contributed by atoms with Crippen LogP contribution in [-0.4, -0.2) is 5.91 Å². The highest BCUT2D eigenvalue weighted by Gasteiger charge is 2.62. The Labute approximate surface area is 154 Å². The molecule has 2 aromatic rings. The third-order valence-electron chi connectivity index (χ3n) is 5.19. The summed E-state index contributed by atoms with van der Waals surface area (Å²) in [5.41, 5.74) is 3.42. The van der Waals surface area contributed by atoms with Gasteiger partial charge in [-0.25, -0.2) is 0 Å². The summed E-state index contributed by atoms with van der Waals surface area (Å²) in [7, 11) is 0. The maximum Gasteiger partial charge on any atom is 0.229 e. The van der Waals surface area contributed by atoms with Gasteiger partial charge in [-0.15, -0.1) is 0 Å². The number of benzene rings is 2. The van der Waals surface area contributed by atoms with Crippen LogP contribution in [0.1, 0.15) is 36.5 Å². The third-order valence-corrected chi connectivity index (χ3v) is 5.19. The minimum absolute atomic E-state index is 0.0320. The van der Waals surface area contributed by atoms with E-state index in [-0.39, 0.29) is 23.2 Å². The fourth-order valence-corrected chi connectivity index (χ4v) is 3.66. The second-order valence-corrected chi connectivity index (χ2v) is 7.42. The van der Waals surface area contributed by atoms with Crippen LogP contribution < -0.4 is 10.6 Å². The SMILES string of the molecule is C=C(NC(=O)C1C(c2ccccc2)C1(C)C)Nc1cc(C#N)ccc1C. The van der Waals surface area contributed by atoms with Gasteiger partial charge in [-0.05, 0) is 35.6 Å². The van der Waals surface area contributed by atoms with E-state index in [1.165, 1.54) is 5.56 Å². The molecule has 2 N–H and O–H groups in total. The van der Waals surface area contributed by atoms with Gasteiger partial charge in [0.25, 0.3) is 0 Å². The van der Waals surface area contributed by atoms with Crippen molar-refractivity contribution in [3.8, 4) is 6.07 Å². The largest absolute Gasteiger partial charge is 0.342 e. The van der Waals surface area contributed by atoms with E-state index in [4.69, 9.17) is 5.26 Å². The Balaban J connectivity index is 1.67. The molecule has 0 spiro atoms. The van der Waals surface area contributed by atoms with Crippen molar-refractivity contribution in [2.45, 2.75) is 26.7 Å². The van der Waals surface area contributed by atoms with Crippen LogP contribution in [0.15, 0.2) is 60.9 Å². The van der Waals surface area contributed by atoms with Crippen LogP contribution in [0.3, 0.4) is 0 Å². The Morgan fingerprint density at radius 2 is 1.88 bits per heavy atom. The minimum atomic E-state index is -0.0880. The van der Waals surface area contributed by atoms with E-state index < -0.39 is 0 Å². The van der Waals surface area contributed by atoms with Gasteiger partial charge < -0.3 is 10.6 Å². The normalized spacial score (nSPS) is 19.9. The van der Waals surface area contributed by atoms with Gasteiger partial charge >= 0.3 is 0 Å². The number of amides is 1. The zero-order valence-electron chi connectivity index (χ0n) is 15.3. The Kier molecular flexibility index (Phi) is 4.56. The van der Waals surface area contributed by atoms with E-state index in [2.05, 4.69) is 49.3 Å². The Morgan fingerprint density at radius 3 is 2.54 bits per heavy atom. The number of rotatable bonds is 5. The molecule has 0 bridgehead atoms. The van der Waals surface area contributed by atoms with Gasteiger partial charge in [0.15, 0.2) is 0 Å². The molecule has 0 aromatic heterocycles. The van der Waals surface area contributed by atoms with Crippen LogP contribution in [0.5, 0.6) is 0 Å². The highest BCUT2D eigenvalue weighted by molar-refractivity contribution is 5.86. The second kappa shape index (κ2) is 6.68. The standard InChI is InChI=1S/C22H23N3O/c1-14-10-11-16(13-23)12-18(14)24-15(2)25-21(26)20-19(22(20,3)4)17-8-6-5-7-9-17/h5-12,19-20,24H,2H2,1,3-4H3,(H,25,26). The Morgan fingerprint density at radius 1 is 1.19 bits per heavy atom. The van der Waals surface area contributed by atoms with Gasteiger partial charge in [0.1, 0.15) is 5.82 Å². The molecule has 4 heteroatoms. The maximum absolute atomic E-state index is 12.7. The van der Waals surface area contributed by atoms with Crippen molar-refractivity contribution < 1.29 is 4.79 Å². The van der Waals surface area contributed by atoms with Gasteiger partial charge in [0.05, 0.1) is 17.6 Å². The molecule has 26 heavy (non-hydrogen) atoms. The summed E-state index contributed by atoms with van der Waals surface area (Å²) in [4.78, 5) is 12.7. The summed E-state index contributed by atoms with van der Waals surface area (Å²) in [5, 5.41) is 15.0. The highest BCUT2D eigenvalue weighted by atomic mass is 16.2. The minimum Gasteiger partial charge on any atom is -0.342 e. The number of hydrogen-bond donors (Lipinski definition) is 2. The first-order chi connectivity index (χ1) is 12.3. The number of aryl methyl sites for hydroxylation is 1. The van der Waals surface area contributed by atoms with E-state index in [0.29, 0.717) is 11.4 Å². The van der Waals surface area contributed by atoms with E-state index in [0.717, 1.165) is 11.3 Å². The summed E-state index contributed by atoms with van der Waals surface area (Å²) in [6.45, 7) is 10.1. The molecule has 2 aromatic carbocycles. The average Bonchev–Trinajstić information content (AvgIpc) is 3.20. The fraction of sp³-hybridized carbons (Fsp3) is 0.273. The predicted molar refractivity (Wildman–Crippen MR) is 103 cm³/mol. The predicted octanol–water partition coefficient (Wildman–Crippen LogP) is 4.31. The topological polar surface area (TPSA) is 64.9 Å². The quantitative estimate of drug-likeness (QED) is 0.849. The molecule has 0 radical (unpaired) electrons. The summed E-state index contributed by atoms with van der Waals surface area (Å²) in [6.07, 6.45) is 0. The van der Waals surface area contributed by atoms with Crippen molar-refractivity contribution >= 4 is 11.6 Å². The van der Waals surface area contributed by atoms with Crippen molar-refractivity contribution in [3.63, 3.8) is 0 Å². The molecule has 1 fully saturated rings. The molecular formula is C22H23N3O. The molecule has 1 amide bonds. The molecule has 1 aliphatic carbocycles. The Hall–Kier alpha value is -3.06. The van der Waals surface area contributed by atoms with E-state index in [1.54, 1.807) is 12.1 Å². The molecule has 1 aliphatic rings. The van der Waals surface area contributed by atoms with Crippen LogP contribution in [0.25, 0.3) is 0 Å².